The van der Waals surface area contributed by atoms with E-state index >= 15 is 0 Å². The molecule has 322 valence electrons. The van der Waals surface area contributed by atoms with E-state index in [1.807, 2.05) is 60.7 Å². The van der Waals surface area contributed by atoms with Crippen LogP contribution in [0.4, 0.5) is 0 Å². The Hall–Kier alpha value is -8.88. The van der Waals surface area contributed by atoms with Gasteiger partial charge in [0.15, 0.2) is 29.1 Å². The van der Waals surface area contributed by atoms with Crippen molar-refractivity contribution in [2.24, 2.45) is 0 Å². The van der Waals surface area contributed by atoms with Gasteiger partial charge in [-0.3, -0.25) is 4.57 Å². The molecule has 68 heavy (non-hydrogen) atoms. The summed E-state index contributed by atoms with van der Waals surface area (Å²) in [5, 5.41) is 4.41. The van der Waals surface area contributed by atoms with Gasteiger partial charge in [-0.25, -0.2) is 19.9 Å². The topological polar surface area (TPSA) is 87.2 Å². The lowest BCUT2D eigenvalue weighted by atomic mass is 9.91. The van der Waals surface area contributed by atoms with Gasteiger partial charge in [0.2, 0.25) is 5.95 Å². The van der Waals surface area contributed by atoms with Gasteiger partial charge in [0.1, 0.15) is 0 Å². The van der Waals surface area contributed by atoms with Crippen LogP contribution in [0.15, 0.2) is 212 Å². The molecule has 7 aromatic carbocycles. The second-order valence-corrected chi connectivity index (χ2v) is 17.3. The minimum atomic E-state index is 0.292. The van der Waals surface area contributed by atoms with Crippen LogP contribution in [0.3, 0.4) is 0 Å². The van der Waals surface area contributed by atoms with Crippen molar-refractivity contribution in [3.63, 3.8) is 0 Å². The number of allylic oxidation sites excluding steroid dienone is 8. The Morgan fingerprint density at radius 3 is 1.71 bits per heavy atom. The highest BCUT2D eigenvalue weighted by atomic mass is 15.2. The molecule has 0 saturated carbocycles. The molecule has 0 saturated heterocycles. The van der Waals surface area contributed by atoms with Crippen molar-refractivity contribution < 1.29 is 0 Å². The van der Waals surface area contributed by atoms with E-state index in [0.717, 1.165) is 96.4 Å². The normalized spacial score (nSPS) is 14.6. The molecule has 1 atom stereocenters. The Bertz CT molecular complexity index is 3840. The van der Waals surface area contributed by atoms with E-state index in [-0.39, 0.29) is 0 Å². The number of rotatable bonds is 8. The molecule has 0 fully saturated rings. The third kappa shape index (κ3) is 6.76. The van der Waals surface area contributed by atoms with Gasteiger partial charge < -0.3 is 4.57 Å². The highest BCUT2D eigenvalue weighted by molar-refractivity contribution is 6.24. The third-order valence-corrected chi connectivity index (χ3v) is 13.2. The van der Waals surface area contributed by atoms with E-state index in [0.29, 0.717) is 41.0 Å². The average molecular weight is 875 g/mol. The predicted octanol–water partition coefficient (Wildman–Crippen LogP) is 14.3. The molecule has 0 radical (unpaired) electrons. The fourth-order valence-corrected chi connectivity index (χ4v) is 9.98. The summed E-state index contributed by atoms with van der Waals surface area (Å²) in [6, 6.07) is 59.2. The van der Waals surface area contributed by atoms with Gasteiger partial charge in [0.25, 0.3) is 0 Å². The van der Waals surface area contributed by atoms with E-state index in [2.05, 4.69) is 161 Å². The summed E-state index contributed by atoms with van der Waals surface area (Å²) in [6.45, 7) is 0. The molecule has 13 rings (SSSR count). The van der Waals surface area contributed by atoms with Crippen LogP contribution in [-0.4, -0.2) is 39.0 Å². The second kappa shape index (κ2) is 16.5. The van der Waals surface area contributed by atoms with Gasteiger partial charge in [-0.15, -0.1) is 0 Å². The Balaban J connectivity index is 1.09. The van der Waals surface area contributed by atoms with E-state index in [9.17, 15) is 0 Å². The van der Waals surface area contributed by atoms with Crippen molar-refractivity contribution >= 4 is 49.2 Å². The first-order valence-electron chi connectivity index (χ1n) is 23.2. The first-order valence-corrected chi connectivity index (χ1v) is 23.2. The van der Waals surface area contributed by atoms with Crippen molar-refractivity contribution in [1.82, 2.24) is 39.0 Å². The van der Waals surface area contributed by atoms with Crippen molar-refractivity contribution in [3.05, 3.63) is 224 Å². The third-order valence-electron chi connectivity index (χ3n) is 13.2. The minimum absolute atomic E-state index is 0.292. The zero-order valence-corrected chi connectivity index (χ0v) is 37.0. The number of aromatic nitrogens is 8. The van der Waals surface area contributed by atoms with Crippen LogP contribution in [0.1, 0.15) is 36.6 Å². The number of nitrogens with zero attached hydrogens (tertiary/aromatic N) is 8. The van der Waals surface area contributed by atoms with Crippen molar-refractivity contribution in [1.29, 1.82) is 0 Å². The molecule has 0 bridgehead atoms. The molecule has 4 heterocycles. The summed E-state index contributed by atoms with van der Waals surface area (Å²) in [6.07, 6.45) is 18.2. The number of hydrogen-bond acceptors (Lipinski definition) is 6. The van der Waals surface area contributed by atoms with Gasteiger partial charge in [0, 0.05) is 55.3 Å². The van der Waals surface area contributed by atoms with Crippen molar-refractivity contribution in [2.45, 2.75) is 25.2 Å². The van der Waals surface area contributed by atoms with Crippen LogP contribution in [0.25, 0.3) is 106 Å². The maximum Gasteiger partial charge on any atom is 0.238 e. The Morgan fingerprint density at radius 2 is 1.01 bits per heavy atom. The largest absolute Gasteiger partial charge is 0.306 e. The molecule has 11 aromatic rings. The van der Waals surface area contributed by atoms with Crippen LogP contribution in [0, 0.1) is 0 Å². The summed E-state index contributed by atoms with van der Waals surface area (Å²) >= 11 is 0. The van der Waals surface area contributed by atoms with Gasteiger partial charge in [-0.1, -0.05) is 182 Å². The van der Waals surface area contributed by atoms with E-state index in [1.54, 1.807) is 0 Å². The lowest BCUT2D eigenvalue weighted by Gasteiger charge is -2.17. The summed E-state index contributed by atoms with van der Waals surface area (Å²) in [4.78, 5) is 31.6. The highest BCUT2D eigenvalue weighted by Crippen LogP contribution is 2.43. The van der Waals surface area contributed by atoms with Gasteiger partial charge in [-0.05, 0) is 55.2 Å². The lowest BCUT2D eigenvalue weighted by molar-refractivity contribution is 0.853. The smallest absolute Gasteiger partial charge is 0.238 e. The molecule has 0 aliphatic heterocycles. The summed E-state index contributed by atoms with van der Waals surface area (Å²) in [5.41, 5.74) is 10.9. The fraction of sp³-hybridized carbons (Fsp3) is 0.0667. The lowest BCUT2D eigenvalue weighted by Crippen LogP contribution is -2.08. The van der Waals surface area contributed by atoms with Crippen LogP contribution < -0.4 is 0 Å². The molecular formula is C60H42N8. The number of benzene rings is 7. The zero-order valence-electron chi connectivity index (χ0n) is 37.0. The highest BCUT2D eigenvalue weighted by Gasteiger charge is 2.26. The number of fused-ring (bicyclic) bond motifs is 7. The van der Waals surface area contributed by atoms with Gasteiger partial charge >= 0.3 is 0 Å². The van der Waals surface area contributed by atoms with Crippen LogP contribution >= 0.6 is 0 Å². The van der Waals surface area contributed by atoms with Crippen molar-refractivity contribution in [2.75, 3.05) is 0 Å². The summed E-state index contributed by atoms with van der Waals surface area (Å²) < 4.78 is 4.62. The van der Waals surface area contributed by atoms with Gasteiger partial charge in [-0.2, -0.15) is 9.97 Å². The zero-order chi connectivity index (χ0) is 45.0. The number of para-hydroxylation sites is 3. The fourth-order valence-electron chi connectivity index (χ4n) is 9.98. The first-order chi connectivity index (χ1) is 33.7. The maximum absolute atomic E-state index is 5.37. The van der Waals surface area contributed by atoms with Gasteiger partial charge in [0.05, 0.1) is 27.8 Å². The molecule has 1 unspecified atom stereocenters. The summed E-state index contributed by atoms with van der Waals surface area (Å²) in [7, 11) is 0. The Kier molecular flexibility index (Phi) is 9.60. The Morgan fingerprint density at radius 1 is 0.426 bits per heavy atom. The van der Waals surface area contributed by atoms with E-state index < -0.39 is 0 Å². The molecule has 4 aromatic heterocycles. The summed E-state index contributed by atoms with van der Waals surface area (Å²) in [5.74, 6) is 3.91. The second-order valence-electron chi connectivity index (χ2n) is 17.3. The predicted molar refractivity (Wildman–Crippen MR) is 276 cm³/mol. The molecular weight excluding hydrogens is 833 g/mol. The number of hydrogen-bond donors (Lipinski definition) is 0. The molecule has 0 amide bonds. The quantitative estimate of drug-likeness (QED) is 0.151. The molecule has 8 nitrogen and oxygen atoms in total. The molecule has 8 heteroatoms. The molecule has 0 spiro atoms. The molecule has 2 aliphatic carbocycles. The Labute approximate surface area is 392 Å². The van der Waals surface area contributed by atoms with Crippen LogP contribution in [0.5, 0.6) is 0 Å². The molecule has 2 aliphatic rings. The molecule has 0 N–H and O–H groups in total. The maximum atomic E-state index is 5.37. The van der Waals surface area contributed by atoms with E-state index in [4.69, 9.17) is 29.9 Å². The van der Waals surface area contributed by atoms with Crippen LogP contribution in [-0.2, 0) is 0 Å². The van der Waals surface area contributed by atoms with Crippen molar-refractivity contribution in [3.8, 4) is 57.2 Å². The van der Waals surface area contributed by atoms with E-state index in [1.165, 1.54) is 5.56 Å². The standard InChI is InChI=1S/C60H42N8/c1-5-20-39(21-6-1)43-28-19-29-44(38-43)58-61-55(40-22-7-2-8-23-40)63-59(64-58)49-32-15-18-35-52(49)67-50-33-16-13-30-45(50)47-36-37-48-46-31-14-17-34-51(46)68(54(48)53(47)67)60-65-56(41-24-9-3-10-25-41)62-57(66-60)42-26-11-4-12-27-42/h1,3-7,9-20,22-39H,2,8,21H2. The SMILES string of the molecule is C1=CCC(c2cccc(-c3nc(C4=CCCC=C4)nc(-c4ccccc4-n4c5ccccc5c5ccc6c7ccccc7n(-c7nc(-c8ccccc8)nc(-c8ccccc8)n7)c6c54)n3)c2)C=C1. The van der Waals surface area contributed by atoms with Crippen LogP contribution in [0.2, 0.25) is 0 Å². The first kappa shape index (κ1) is 39.5. The minimum Gasteiger partial charge on any atom is -0.306 e. The monoisotopic (exact) mass is 874 g/mol. The average Bonchev–Trinajstić information content (AvgIpc) is 3.95.